The fourth-order valence-electron chi connectivity index (χ4n) is 11.2. The Morgan fingerprint density at radius 2 is 1.41 bits per heavy atom. The summed E-state index contributed by atoms with van der Waals surface area (Å²) in [7, 11) is 0. The van der Waals surface area contributed by atoms with E-state index in [0.717, 1.165) is 25.7 Å². The third-order valence-electron chi connectivity index (χ3n) is 13.4. The van der Waals surface area contributed by atoms with Crippen LogP contribution < -0.4 is 0 Å². The Morgan fingerprint density at radius 3 is 2.06 bits per heavy atom. The van der Waals surface area contributed by atoms with Gasteiger partial charge in [-0.3, -0.25) is 0 Å². The molecule has 4 fully saturated rings. The Hall–Kier alpha value is -0.420. The Bertz CT molecular complexity index is 881. The fraction of sp³-hybridized carbons (Fsp3) is 0.933. The summed E-state index contributed by atoms with van der Waals surface area (Å²) in [6.45, 7) is 18.2. The molecule has 0 unspecified atom stereocenters. The first-order chi connectivity index (χ1) is 15.6. The van der Waals surface area contributed by atoms with E-state index in [9.17, 15) is 20.4 Å². The maximum absolute atomic E-state index is 11.8. The number of allylic oxidation sites excluding steroid dienone is 2. The van der Waals surface area contributed by atoms with Gasteiger partial charge in [-0.25, -0.2) is 0 Å². The van der Waals surface area contributed by atoms with Crippen LogP contribution in [0.2, 0.25) is 0 Å². The third-order valence-corrected chi connectivity index (χ3v) is 13.4. The second-order valence-electron chi connectivity index (χ2n) is 15.0. The molecule has 0 aliphatic heterocycles. The smallest absolute Gasteiger partial charge is 0.0609 e. The zero-order valence-electron chi connectivity index (χ0n) is 22.8. The van der Waals surface area contributed by atoms with Crippen LogP contribution in [0.5, 0.6) is 0 Å². The van der Waals surface area contributed by atoms with Gasteiger partial charge in [0.2, 0.25) is 0 Å². The molecule has 0 radical (unpaired) electrons. The predicted molar refractivity (Wildman–Crippen MR) is 135 cm³/mol. The largest absolute Gasteiger partial charge is 0.393 e. The van der Waals surface area contributed by atoms with Gasteiger partial charge in [0.1, 0.15) is 0 Å². The number of fused-ring (bicyclic) bond motifs is 7. The van der Waals surface area contributed by atoms with Crippen LogP contribution in [0, 0.1) is 56.7 Å². The fourth-order valence-corrected chi connectivity index (χ4v) is 11.2. The maximum atomic E-state index is 11.8. The van der Waals surface area contributed by atoms with Crippen molar-refractivity contribution >= 4 is 0 Å². The molecule has 5 aliphatic rings. The van der Waals surface area contributed by atoms with Crippen molar-refractivity contribution in [2.45, 2.75) is 118 Å². The molecule has 13 atom stereocenters. The molecule has 0 aromatic carbocycles. The Labute approximate surface area is 207 Å². The van der Waals surface area contributed by atoms with Crippen LogP contribution in [0.15, 0.2) is 11.6 Å². The van der Waals surface area contributed by atoms with E-state index >= 15 is 0 Å². The van der Waals surface area contributed by atoms with Crippen LogP contribution in [0.25, 0.3) is 0 Å². The van der Waals surface area contributed by atoms with Crippen molar-refractivity contribution in [3.8, 4) is 0 Å². The topological polar surface area (TPSA) is 80.9 Å². The lowest BCUT2D eigenvalue weighted by Crippen LogP contribution is -2.69. The van der Waals surface area contributed by atoms with E-state index in [1.165, 1.54) is 5.57 Å². The normalized spacial score (nSPS) is 60.8. The molecule has 5 rings (SSSR count). The lowest BCUT2D eigenvalue weighted by Gasteiger charge is -2.73. The van der Waals surface area contributed by atoms with Crippen molar-refractivity contribution in [2.75, 3.05) is 0 Å². The van der Waals surface area contributed by atoms with Crippen LogP contribution in [0.4, 0.5) is 0 Å². The van der Waals surface area contributed by atoms with E-state index in [4.69, 9.17) is 0 Å². The molecule has 0 aromatic heterocycles. The van der Waals surface area contributed by atoms with Gasteiger partial charge in [0.05, 0.1) is 24.4 Å². The minimum absolute atomic E-state index is 0.0481. The highest BCUT2D eigenvalue weighted by atomic mass is 16.3. The summed E-state index contributed by atoms with van der Waals surface area (Å²) < 4.78 is 0. The number of aliphatic hydroxyl groups is 4. The van der Waals surface area contributed by atoms with Gasteiger partial charge in [0.25, 0.3) is 0 Å². The zero-order chi connectivity index (χ0) is 25.2. The monoisotopic (exact) mass is 474 g/mol. The van der Waals surface area contributed by atoms with Gasteiger partial charge in [-0.15, -0.1) is 0 Å². The molecule has 0 aromatic rings. The number of rotatable bonds is 0. The molecule has 34 heavy (non-hydrogen) atoms. The molecule has 4 heteroatoms. The Morgan fingerprint density at radius 1 is 0.765 bits per heavy atom. The van der Waals surface area contributed by atoms with Crippen molar-refractivity contribution in [3.05, 3.63) is 11.6 Å². The first kappa shape index (κ1) is 25.2. The van der Waals surface area contributed by atoms with Crippen molar-refractivity contribution in [1.82, 2.24) is 0 Å². The lowest BCUT2D eigenvalue weighted by molar-refractivity contribution is -0.250. The van der Waals surface area contributed by atoms with Crippen LogP contribution in [-0.4, -0.2) is 44.8 Å². The molecule has 0 heterocycles. The molecule has 4 N–H and O–H groups in total. The molecule has 0 amide bonds. The molecular formula is C30H50O4. The van der Waals surface area contributed by atoms with E-state index in [2.05, 4.69) is 61.5 Å². The minimum atomic E-state index is -0.466. The highest BCUT2D eigenvalue weighted by molar-refractivity contribution is 5.35. The van der Waals surface area contributed by atoms with E-state index in [1.807, 2.05) is 0 Å². The average molecular weight is 475 g/mol. The molecular weight excluding hydrogens is 424 g/mol. The molecule has 0 saturated heterocycles. The van der Waals surface area contributed by atoms with Crippen LogP contribution in [0.3, 0.4) is 0 Å². The standard InChI is InChI=1S/C30H50O4/c1-16-17(2)24-18-9-10-21-27(5)12-11-22(33)26(3,4)25(27)20(32)14-30(21,8)29(18,7)15-23(34)28(24,6)13-19(16)31/h9,16-17,19-25,31-34H,10-15H2,1-8H3/t16-,17-,19-,20+,21+,22-,23-,24-,25-,27+,28+,29+,30+/m0/s1. The third kappa shape index (κ3) is 2.81. The summed E-state index contributed by atoms with van der Waals surface area (Å²) in [4.78, 5) is 0. The van der Waals surface area contributed by atoms with Crippen LogP contribution in [0.1, 0.15) is 93.9 Å². The average Bonchev–Trinajstić information content (AvgIpc) is 2.71. The van der Waals surface area contributed by atoms with Gasteiger partial charge in [0.15, 0.2) is 0 Å². The summed E-state index contributed by atoms with van der Waals surface area (Å²) in [5, 5.41) is 45.3. The van der Waals surface area contributed by atoms with Gasteiger partial charge >= 0.3 is 0 Å². The molecule has 194 valence electrons. The molecule has 4 saturated carbocycles. The summed E-state index contributed by atoms with van der Waals surface area (Å²) in [6, 6.07) is 0. The van der Waals surface area contributed by atoms with Gasteiger partial charge < -0.3 is 20.4 Å². The molecule has 4 nitrogen and oxygen atoms in total. The molecule has 0 bridgehead atoms. The van der Waals surface area contributed by atoms with Gasteiger partial charge in [-0.1, -0.05) is 67.0 Å². The summed E-state index contributed by atoms with van der Waals surface area (Å²) in [5.74, 6) is 1.24. The second-order valence-corrected chi connectivity index (χ2v) is 15.0. The van der Waals surface area contributed by atoms with Gasteiger partial charge in [-0.05, 0) is 89.8 Å². The molecule has 0 spiro atoms. The van der Waals surface area contributed by atoms with Crippen molar-refractivity contribution in [3.63, 3.8) is 0 Å². The van der Waals surface area contributed by atoms with Gasteiger partial charge in [0, 0.05) is 5.41 Å². The second kappa shape index (κ2) is 7.33. The van der Waals surface area contributed by atoms with Crippen molar-refractivity contribution in [1.29, 1.82) is 0 Å². The highest BCUT2D eigenvalue weighted by Crippen LogP contribution is 2.75. The van der Waals surface area contributed by atoms with Crippen molar-refractivity contribution in [2.24, 2.45) is 56.7 Å². The van der Waals surface area contributed by atoms with Crippen LogP contribution in [-0.2, 0) is 0 Å². The first-order valence-corrected chi connectivity index (χ1v) is 14.0. The van der Waals surface area contributed by atoms with Crippen LogP contribution >= 0.6 is 0 Å². The van der Waals surface area contributed by atoms with E-state index in [0.29, 0.717) is 24.7 Å². The maximum Gasteiger partial charge on any atom is 0.0609 e. The summed E-state index contributed by atoms with van der Waals surface area (Å²) in [6.07, 6.45) is 5.72. The first-order valence-electron chi connectivity index (χ1n) is 14.0. The van der Waals surface area contributed by atoms with Crippen molar-refractivity contribution < 1.29 is 20.4 Å². The number of aliphatic hydroxyl groups excluding tert-OH is 4. The number of hydrogen-bond donors (Lipinski definition) is 4. The Balaban J connectivity index is 1.64. The lowest BCUT2D eigenvalue weighted by atomic mass is 9.32. The quantitative estimate of drug-likeness (QED) is 0.375. The summed E-state index contributed by atoms with van der Waals surface area (Å²) >= 11 is 0. The Kier molecular flexibility index (Phi) is 5.44. The summed E-state index contributed by atoms with van der Waals surface area (Å²) in [5.41, 5.74) is 0.512. The van der Waals surface area contributed by atoms with Gasteiger partial charge in [-0.2, -0.15) is 0 Å². The molecule has 5 aliphatic carbocycles. The van der Waals surface area contributed by atoms with E-state index in [1.54, 1.807) is 0 Å². The minimum Gasteiger partial charge on any atom is -0.393 e. The predicted octanol–water partition coefficient (Wildman–Crippen LogP) is 4.94. The zero-order valence-corrected chi connectivity index (χ0v) is 22.8. The highest BCUT2D eigenvalue weighted by Gasteiger charge is 2.71. The van der Waals surface area contributed by atoms with E-state index in [-0.39, 0.29) is 57.0 Å². The van der Waals surface area contributed by atoms with E-state index < -0.39 is 12.2 Å². The SMILES string of the molecule is C[C@H]1[C@H](C)[C@@H](O)C[C@@]2(C)[C@@H]1C1=CC[C@@H]3[C@@]4(C)CC[C@H](O)C(C)(C)[C@@H]4[C@H](O)C[C@@]3(C)[C@]1(C)C[C@@H]2O. The number of hydrogen-bond acceptors (Lipinski definition) is 4.